The fourth-order valence-electron chi connectivity index (χ4n) is 4.29. The summed E-state index contributed by atoms with van der Waals surface area (Å²) in [6.45, 7) is 12.8. The number of allylic oxidation sites excluding steroid dienone is 3. The Morgan fingerprint density at radius 2 is 2.06 bits per heavy atom. The number of fused-ring (bicyclic) bond motifs is 1. The lowest BCUT2D eigenvalue weighted by Gasteiger charge is -2.62. The highest BCUT2D eigenvalue weighted by atomic mass is 16.1. The van der Waals surface area contributed by atoms with Crippen molar-refractivity contribution in [2.24, 2.45) is 16.7 Å². The van der Waals surface area contributed by atoms with E-state index in [1.165, 1.54) is 11.1 Å². The van der Waals surface area contributed by atoms with Gasteiger partial charge in [-0.25, -0.2) is 0 Å². The maximum atomic E-state index is 12.4. The topological polar surface area (TPSA) is 17.1 Å². The van der Waals surface area contributed by atoms with E-state index in [4.69, 9.17) is 0 Å². The van der Waals surface area contributed by atoms with Crippen molar-refractivity contribution in [3.63, 3.8) is 0 Å². The third kappa shape index (κ3) is 1.79. The lowest BCUT2D eigenvalue weighted by molar-refractivity contribution is -0.160. The standard InChI is InChI=1S/C17H26O/c1-12-7-6-8-13(2)15-11-16(4,5)17(15,10-9-12)14(3)18/h7,15H,2,6,8-11H2,1,3-5H3/b12-7+/t15-,17+/m0/s1. The number of hydrogen-bond donors (Lipinski definition) is 0. The molecule has 0 spiro atoms. The van der Waals surface area contributed by atoms with Crippen LogP contribution in [0.25, 0.3) is 0 Å². The summed E-state index contributed by atoms with van der Waals surface area (Å²) in [6.07, 6.45) is 7.66. The molecule has 2 atom stereocenters. The smallest absolute Gasteiger partial charge is 0.137 e. The molecule has 0 radical (unpaired) electrons. The van der Waals surface area contributed by atoms with E-state index < -0.39 is 0 Å². The minimum absolute atomic E-state index is 0.136. The van der Waals surface area contributed by atoms with Crippen LogP contribution in [-0.2, 0) is 4.79 Å². The largest absolute Gasteiger partial charge is 0.299 e. The van der Waals surface area contributed by atoms with E-state index in [-0.39, 0.29) is 10.8 Å². The first kappa shape index (κ1) is 13.6. The second-order valence-corrected chi connectivity index (χ2v) is 6.92. The monoisotopic (exact) mass is 246 g/mol. The quantitative estimate of drug-likeness (QED) is 0.614. The third-order valence-electron chi connectivity index (χ3n) is 5.51. The fraction of sp³-hybridized carbons (Fsp3) is 0.706. The predicted molar refractivity (Wildman–Crippen MR) is 76.4 cm³/mol. The van der Waals surface area contributed by atoms with Gasteiger partial charge in [0, 0.05) is 5.41 Å². The SMILES string of the molecule is C=C1CC/C=C(\C)CC[C@@]2(C(C)=O)[C@H]1CC2(C)C. The van der Waals surface area contributed by atoms with Gasteiger partial charge in [0.25, 0.3) is 0 Å². The molecule has 1 saturated carbocycles. The highest BCUT2D eigenvalue weighted by molar-refractivity contribution is 5.85. The molecule has 0 N–H and O–H groups in total. The summed E-state index contributed by atoms with van der Waals surface area (Å²) in [4.78, 5) is 12.4. The molecular weight excluding hydrogens is 220 g/mol. The van der Waals surface area contributed by atoms with Crippen molar-refractivity contribution in [1.82, 2.24) is 0 Å². The summed E-state index contributed by atoms with van der Waals surface area (Å²) in [7, 11) is 0. The highest BCUT2D eigenvalue weighted by Crippen LogP contribution is 2.66. The molecule has 100 valence electrons. The highest BCUT2D eigenvalue weighted by Gasteiger charge is 2.62. The van der Waals surface area contributed by atoms with Gasteiger partial charge in [0.05, 0.1) is 0 Å². The van der Waals surface area contributed by atoms with E-state index in [0.29, 0.717) is 11.7 Å². The maximum Gasteiger partial charge on any atom is 0.137 e. The molecule has 0 aliphatic heterocycles. The van der Waals surface area contributed by atoms with Gasteiger partial charge in [-0.3, -0.25) is 4.79 Å². The molecule has 0 heterocycles. The summed E-state index contributed by atoms with van der Waals surface area (Å²) in [5.41, 5.74) is 2.72. The minimum Gasteiger partial charge on any atom is -0.299 e. The molecule has 2 aliphatic carbocycles. The van der Waals surface area contributed by atoms with Crippen LogP contribution in [0.3, 0.4) is 0 Å². The van der Waals surface area contributed by atoms with Gasteiger partial charge >= 0.3 is 0 Å². The first-order valence-corrected chi connectivity index (χ1v) is 7.15. The van der Waals surface area contributed by atoms with Gasteiger partial charge in [-0.2, -0.15) is 0 Å². The zero-order valence-electron chi connectivity index (χ0n) is 12.3. The maximum absolute atomic E-state index is 12.4. The summed E-state index contributed by atoms with van der Waals surface area (Å²) in [5, 5.41) is 0. The number of carbonyl (C=O) groups excluding carboxylic acids is 1. The van der Waals surface area contributed by atoms with Crippen LogP contribution >= 0.6 is 0 Å². The molecule has 0 saturated heterocycles. The molecule has 1 heteroatoms. The Bertz CT molecular complexity index is 413. The van der Waals surface area contributed by atoms with Gasteiger partial charge in [-0.15, -0.1) is 0 Å². The molecule has 0 aromatic rings. The van der Waals surface area contributed by atoms with Crippen LogP contribution in [0.2, 0.25) is 0 Å². The first-order chi connectivity index (χ1) is 8.31. The molecule has 1 fully saturated rings. The molecule has 0 unspecified atom stereocenters. The molecule has 18 heavy (non-hydrogen) atoms. The van der Waals surface area contributed by atoms with Gasteiger partial charge in [0.2, 0.25) is 0 Å². The van der Waals surface area contributed by atoms with Gasteiger partial charge in [-0.05, 0) is 57.3 Å². The van der Waals surface area contributed by atoms with E-state index in [0.717, 1.165) is 32.1 Å². The second kappa shape index (κ2) is 4.36. The van der Waals surface area contributed by atoms with E-state index >= 15 is 0 Å². The summed E-state index contributed by atoms with van der Waals surface area (Å²) >= 11 is 0. The molecule has 0 bridgehead atoms. The lowest BCUT2D eigenvalue weighted by atomic mass is 9.41. The normalized spacial score (nSPS) is 38.3. The Hall–Kier alpha value is -0.850. The zero-order valence-corrected chi connectivity index (χ0v) is 12.3. The van der Waals surface area contributed by atoms with Crippen molar-refractivity contribution in [2.45, 2.75) is 59.8 Å². The molecule has 0 aromatic heterocycles. The fourth-order valence-corrected chi connectivity index (χ4v) is 4.29. The first-order valence-electron chi connectivity index (χ1n) is 7.15. The minimum atomic E-state index is -0.149. The number of carbonyl (C=O) groups is 1. The lowest BCUT2D eigenvalue weighted by Crippen LogP contribution is -2.59. The van der Waals surface area contributed by atoms with Crippen LogP contribution in [0.5, 0.6) is 0 Å². The van der Waals surface area contributed by atoms with Crippen LogP contribution in [0.4, 0.5) is 0 Å². The van der Waals surface area contributed by atoms with Crippen molar-refractivity contribution in [3.8, 4) is 0 Å². The van der Waals surface area contributed by atoms with E-state index in [2.05, 4.69) is 33.4 Å². The van der Waals surface area contributed by atoms with Crippen molar-refractivity contribution >= 4 is 5.78 Å². The van der Waals surface area contributed by atoms with E-state index in [1.54, 1.807) is 6.92 Å². The molecule has 2 aliphatic rings. The molecular formula is C17H26O. The van der Waals surface area contributed by atoms with Gasteiger partial charge in [0.15, 0.2) is 0 Å². The Morgan fingerprint density at radius 1 is 1.39 bits per heavy atom. The molecule has 0 aromatic carbocycles. The number of rotatable bonds is 1. The van der Waals surface area contributed by atoms with Crippen molar-refractivity contribution in [3.05, 3.63) is 23.8 Å². The number of hydrogen-bond acceptors (Lipinski definition) is 1. The third-order valence-corrected chi connectivity index (χ3v) is 5.51. The summed E-state index contributed by atoms with van der Waals surface area (Å²) in [6, 6.07) is 0. The van der Waals surface area contributed by atoms with E-state index in [9.17, 15) is 4.79 Å². The van der Waals surface area contributed by atoms with Gasteiger partial charge in [-0.1, -0.05) is 37.6 Å². The average molecular weight is 246 g/mol. The molecule has 2 rings (SSSR count). The number of ketones is 1. The predicted octanol–water partition coefficient (Wildman–Crippen LogP) is 4.68. The second-order valence-electron chi connectivity index (χ2n) is 6.92. The Morgan fingerprint density at radius 3 is 2.61 bits per heavy atom. The van der Waals surface area contributed by atoms with Crippen LogP contribution in [0.15, 0.2) is 23.8 Å². The zero-order chi connectivity index (χ0) is 13.6. The Labute approximate surface area is 111 Å². The summed E-state index contributed by atoms with van der Waals surface area (Å²) < 4.78 is 0. The van der Waals surface area contributed by atoms with Crippen LogP contribution < -0.4 is 0 Å². The van der Waals surface area contributed by atoms with Crippen molar-refractivity contribution in [1.29, 1.82) is 0 Å². The van der Waals surface area contributed by atoms with Gasteiger partial charge < -0.3 is 0 Å². The van der Waals surface area contributed by atoms with E-state index in [1.807, 2.05) is 0 Å². The molecule has 0 amide bonds. The Balaban J connectivity index is 2.40. The Kier molecular flexibility index (Phi) is 3.29. The van der Waals surface area contributed by atoms with Crippen LogP contribution in [0.1, 0.15) is 59.8 Å². The van der Waals surface area contributed by atoms with Crippen LogP contribution in [-0.4, -0.2) is 5.78 Å². The van der Waals surface area contributed by atoms with Crippen molar-refractivity contribution < 1.29 is 4.79 Å². The summed E-state index contributed by atoms with van der Waals surface area (Å²) in [5.74, 6) is 0.795. The number of Topliss-reactive ketones (excluding diaryl/α,β-unsaturated/α-hetero) is 1. The molecule has 1 nitrogen and oxygen atoms in total. The average Bonchev–Trinajstić information content (AvgIpc) is 2.29. The van der Waals surface area contributed by atoms with Crippen LogP contribution in [0, 0.1) is 16.7 Å². The van der Waals surface area contributed by atoms with Gasteiger partial charge in [0.1, 0.15) is 5.78 Å². The van der Waals surface area contributed by atoms with Crippen molar-refractivity contribution in [2.75, 3.05) is 0 Å².